The molecule has 1 heterocycles. The second kappa shape index (κ2) is 6.80. The average Bonchev–Trinajstić information content (AvgIpc) is 2.68. The number of benzene rings is 1. The van der Waals surface area contributed by atoms with E-state index in [4.69, 9.17) is 4.74 Å². The molecule has 0 N–H and O–H groups in total. The maximum Gasteiger partial charge on any atom is 0.318 e. The minimum atomic E-state index is 0.0837. The van der Waals surface area contributed by atoms with E-state index < -0.39 is 0 Å². The van der Waals surface area contributed by atoms with Crippen molar-refractivity contribution in [2.45, 2.75) is 19.0 Å². The largest absolute Gasteiger partial charge is 0.486 e. The molecule has 1 aromatic heterocycles. The van der Waals surface area contributed by atoms with Gasteiger partial charge in [0.05, 0.1) is 19.8 Å². The lowest BCUT2D eigenvalue weighted by Crippen LogP contribution is -2.32. The van der Waals surface area contributed by atoms with Gasteiger partial charge in [-0.25, -0.2) is 9.13 Å². The summed E-state index contributed by atoms with van der Waals surface area (Å²) in [4.78, 5) is 11.9. The second-order valence-electron chi connectivity index (χ2n) is 5.00. The van der Waals surface area contributed by atoms with Crippen molar-refractivity contribution in [2.75, 3.05) is 12.4 Å². The molecule has 0 aliphatic rings. The molecule has 1 aromatic carbocycles. The predicted octanol–water partition coefficient (Wildman–Crippen LogP) is 2.21. The molecule has 0 aliphatic carbocycles. The van der Waals surface area contributed by atoms with Gasteiger partial charge in [-0.15, -0.1) is 0 Å². The molecule has 0 radical (unpaired) electrons. The third-order valence-corrected chi connectivity index (χ3v) is 4.88. The number of hydrogen-bond donors (Lipinski definition) is 0. The van der Waals surface area contributed by atoms with Crippen molar-refractivity contribution in [1.29, 1.82) is 0 Å². The normalized spacial score (nSPS) is 10.7. The summed E-state index contributed by atoms with van der Waals surface area (Å²) in [6, 6.07) is 9.41. The Hall–Kier alpha value is -1.75. The lowest BCUT2D eigenvalue weighted by molar-refractivity contribution is -0.715. The number of para-hydroxylation sites is 1. The van der Waals surface area contributed by atoms with Gasteiger partial charge in [-0.05, 0) is 23.9 Å². The minimum absolute atomic E-state index is 0.0837. The van der Waals surface area contributed by atoms with Gasteiger partial charge in [0.2, 0.25) is 0 Å². The van der Waals surface area contributed by atoms with Crippen molar-refractivity contribution in [3.8, 4) is 5.75 Å². The standard InChI is InChI=1S/C16H21N2O2S/c1-12-13(2)18(4)16(17(12)3)21-11-14(19)10-20-15-8-6-5-7-9-15/h5-9H,10-11H2,1-4H3/q+1. The molecule has 2 rings (SSSR count). The fourth-order valence-electron chi connectivity index (χ4n) is 2.06. The van der Waals surface area contributed by atoms with Crippen LogP contribution in [-0.2, 0) is 18.9 Å². The van der Waals surface area contributed by atoms with Crippen LogP contribution in [0.2, 0.25) is 0 Å². The highest BCUT2D eigenvalue weighted by Crippen LogP contribution is 2.17. The zero-order valence-corrected chi connectivity index (χ0v) is 13.7. The van der Waals surface area contributed by atoms with Gasteiger partial charge in [-0.3, -0.25) is 4.79 Å². The van der Waals surface area contributed by atoms with Gasteiger partial charge in [-0.1, -0.05) is 18.2 Å². The van der Waals surface area contributed by atoms with Gasteiger partial charge >= 0.3 is 5.16 Å². The fourth-order valence-corrected chi connectivity index (χ4v) is 3.09. The van der Waals surface area contributed by atoms with Gasteiger partial charge in [-0.2, -0.15) is 0 Å². The number of rotatable bonds is 6. The third-order valence-electron chi connectivity index (χ3n) is 3.61. The van der Waals surface area contributed by atoms with Crippen LogP contribution >= 0.6 is 11.8 Å². The van der Waals surface area contributed by atoms with E-state index >= 15 is 0 Å². The van der Waals surface area contributed by atoms with Crippen LogP contribution in [0.15, 0.2) is 35.5 Å². The Morgan fingerprint density at radius 2 is 1.95 bits per heavy atom. The zero-order valence-electron chi connectivity index (χ0n) is 12.9. The summed E-state index contributed by atoms with van der Waals surface area (Å²) in [5, 5.41) is 1.08. The molecule has 5 heteroatoms. The molecule has 0 saturated heterocycles. The molecule has 0 amide bonds. The fraction of sp³-hybridized carbons (Fsp3) is 0.375. The Morgan fingerprint density at radius 3 is 2.52 bits per heavy atom. The van der Waals surface area contributed by atoms with Crippen molar-refractivity contribution in [1.82, 2.24) is 4.57 Å². The highest BCUT2D eigenvalue weighted by atomic mass is 32.2. The van der Waals surface area contributed by atoms with Crippen LogP contribution in [0, 0.1) is 13.8 Å². The van der Waals surface area contributed by atoms with E-state index in [1.807, 2.05) is 44.4 Å². The Bertz CT molecular complexity index is 610. The smallest absolute Gasteiger partial charge is 0.318 e. The number of thioether (sulfide) groups is 1. The summed E-state index contributed by atoms with van der Waals surface area (Å²) in [6.45, 7) is 4.28. The number of carbonyl (C=O) groups is 1. The maximum absolute atomic E-state index is 11.9. The molecule has 0 spiro atoms. The lowest BCUT2D eigenvalue weighted by atomic mass is 10.3. The van der Waals surface area contributed by atoms with Gasteiger partial charge in [0.15, 0.2) is 5.78 Å². The van der Waals surface area contributed by atoms with E-state index in [1.165, 1.54) is 11.4 Å². The Morgan fingerprint density at radius 1 is 1.29 bits per heavy atom. The minimum Gasteiger partial charge on any atom is -0.486 e. The summed E-state index contributed by atoms with van der Waals surface area (Å²) in [6.07, 6.45) is 0. The molecular weight excluding hydrogens is 284 g/mol. The van der Waals surface area contributed by atoms with Gasteiger partial charge < -0.3 is 4.74 Å². The topological polar surface area (TPSA) is 35.1 Å². The average molecular weight is 305 g/mol. The van der Waals surface area contributed by atoms with Crippen molar-refractivity contribution in [2.24, 2.45) is 14.1 Å². The molecule has 0 saturated carbocycles. The van der Waals surface area contributed by atoms with Crippen LogP contribution in [0.25, 0.3) is 0 Å². The highest BCUT2D eigenvalue weighted by molar-refractivity contribution is 7.99. The van der Waals surface area contributed by atoms with Crippen LogP contribution in [-0.4, -0.2) is 22.7 Å². The quantitative estimate of drug-likeness (QED) is 0.606. The van der Waals surface area contributed by atoms with E-state index in [-0.39, 0.29) is 12.4 Å². The number of ketones is 1. The lowest BCUT2D eigenvalue weighted by Gasteiger charge is -2.04. The van der Waals surface area contributed by atoms with Gasteiger partial charge in [0.25, 0.3) is 0 Å². The van der Waals surface area contributed by atoms with Crippen LogP contribution < -0.4 is 9.30 Å². The first-order valence-corrected chi connectivity index (χ1v) is 7.83. The van der Waals surface area contributed by atoms with Crippen LogP contribution in [0.5, 0.6) is 5.75 Å². The SMILES string of the molecule is Cc1c(C)[n+](C)c(SCC(=O)COc2ccccc2)n1C. The Balaban J connectivity index is 1.89. The molecule has 0 fully saturated rings. The monoisotopic (exact) mass is 305 g/mol. The third kappa shape index (κ3) is 3.67. The molecule has 0 aliphatic heterocycles. The van der Waals surface area contributed by atoms with Crippen molar-refractivity contribution < 1.29 is 14.1 Å². The molecule has 4 nitrogen and oxygen atoms in total. The number of ether oxygens (including phenoxy) is 1. The molecule has 0 unspecified atom stereocenters. The summed E-state index contributed by atoms with van der Waals surface area (Å²) < 4.78 is 9.70. The highest BCUT2D eigenvalue weighted by Gasteiger charge is 2.21. The van der Waals surface area contributed by atoms with Gasteiger partial charge in [0, 0.05) is 13.8 Å². The number of hydrogen-bond acceptors (Lipinski definition) is 3. The number of aromatic nitrogens is 2. The zero-order chi connectivity index (χ0) is 15.4. The summed E-state index contributed by atoms with van der Waals surface area (Å²) >= 11 is 1.55. The second-order valence-corrected chi connectivity index (χ2v) is 5.94. The van der Waals surface area contributed by atoms with E-state index in [2.05, 4.69) is 23.0 Å². The first-order chi connectivity index (χ1) is 10.0. The van der Waals surface area contributed by atoms with E-state index in [0.717, 1.165) is 10.9 Å². The number of Topliss-reactive ketones (excluding diaryl/α,β-unsaturated/α-hetero) is 1. The maximum atomic E-state index is 11.9. The molecule has 2 aromatic rings. The van der Waals surface area contributed by atoms with Crippen molar-refractivity contribution >= 4 is 17.5 Å². The Kier molecular flexibility index (Phi) is 5.07. The molecule has 0 bridgehead atoms. The molecule has 0 atom stereocenters. The number of imidazole rings is 1. The summed E-state index contributed by atoms with van der Waals surface area (Å²) in [5.74, 6) is 1.23. The number of carbonyl (C=O) groups excluding carboxylic acids is 1. The van der Waals surface area contributed by atoms with Crippen LogP contribution in [0.3, 0.4) is 0 Å². The molecule has 21 heavy (non-hydrogen) atoms. The van der Waals surface area contributed by atoms with Crippen LogP contribution in [0.1, 0.15) is 11.4 Å². The first kappa shape index (κ1) is 15.6. The van der Waals surface area contributed by atoms with E-state index in [9.17, 15) is 4.79 Å². The van der Waals surface area contributed by atoms with Crippen molar-refractivity contribution in [3.05, 3.63) is 41.7 Å². The van der Waals surface area contributed by atoms with Crippen LogP contribution in [0.4, 0.5) is 0 Å². The van der Waals surface area contributed by atoms with Crippen molar-refractivity contribution in [3.63, 3.8) is 0 Å². The van der Waals surface area contributed by atoms with E-state index in [0.29, 0.717) is 5.75 Å². The molecular formula is C16H21N2O2S+. The summed E-state index contributed by atoms with van der Waals surface area (Å²) in [7, 11) is 4.05. The number of nitrogens with zero attached hydrogens (tertiary/aromatic N) is 2. The van der Waals surface area contributed by atoms with E-state index in [1.54, 1.807) is 11.8 Å². The predicted molar refractivity (Wildman–Crippen MR) is 83.7 cm³/mol. The Labute approximate surface area is 129 Å². The summed E-state index contributed by atoms with van der Waals surface area (Å²) in [5.41, 5.74) is 2.43. The molecule has 112 valence electrons. The first-order valence-electron chi connectivity index (χ1n) is 6.85. The van der Waals surface area contributed by atoms with Gasteiger partial charge in [0.1, 0.15) is 23.7 Å².